The minimum Gasteiger partial charge on any atom is -0.481 e. The molecule has 0 aliphatic rings. The van der Waals surface area contributed by atoms with Crippen molar-refractivity contribution in [2.75, 3.05) is 112 Å². The van der Waals surface area contributed by atoms with E-state index in [2.05, 4.69) is 6.92 Å². The van der Waals surface area contributed by atoms with E-state index in [0.29, 0.717) is 106 Å². The van der Waals surface area contributed by atoms with Crippen LogP contribution in [0.5, 0.6) is 0 Å². The minimum absolute atomic E-state index is 0.00207. The second-order valence-electron chi connectivity index (χ2n) is 9.13. The van der Waals surface area contributed by atoms with Crippen LogP contribution in [-0.2, 0) is 52.2 Å². The number of carbonyl (C=O) groups excluding carboxylic acids is 1. The lowest BCUT2D eigenvalue weighted by Gasteiger charge is -2.09. The van der Waals surface area contributed by atoms with E-state index in [4.69, 9.17) is 47.7 Å². The van der Waals surface area contributed by atoms with Crippen molar-refractivity contribution >= 4 is 11.9 Å². The topological polar surface area (TPSA) is 137 Å². The number of hydrogen-bond donors (Lipinski definition) is 1. The van der Waals surface area contributed by atoms with Crippen LogP contribution in [0.25, 0.3) is 0 Å². The van der Waals surface area contributed by atoms with Crippen LogP contribution in [0.2, 0.25) is 0 Å². The maximum atomic E-state index is 11.7. The number of carbonyl (C=O) groups is 2. The predicted octanol–water partition coefficient (Wildman–Crippen LogP) is 3.28. The third-order valence-electron chi connectivity index (χ3n) is 5.54. The first-order valence-corrected chi connectivity index (χ1v) is 15.2. The monoisotopic (exact) mass is 596 g/mol. The molecular formula is C29H56O12. The van der Waals surface area contributed by atoms with Gasteiger partial charge in [-0.05, 0) is 6.42 Å². The zero-order valence-electron chi connectivity index (χ0n) is 25.3. The second kappa shape index (κ2) is 34.8. The molecule has 0 saturated carbocycles. The van der Waals surface area contributed by atoms with Crippen LogP contribution in [0.15, 0.2) is 0 Å². The molecule has 0 amide bonds. The van der Waals surface area contributed by atoms with Gasteiger partial charge in [0.1, 0.15) is 6.61 Å². The molecule has 0 saturated heterocycles. The van der Waals surface area contributed by atoms with Crippen molar-refractivity contribution in [1.29, 1.82) is 0 Å². The van der Waals surface area contributed by atoms with E-state index >= 15 is 0 Å². The average Bonchev–Trinajstić information content (AvgIpc) is 2.96. The number of unbranched alkanes of at least 4 members (excludes halogenated alkanes) is 6. The van der Waals surface area contributed by atoms with E-state index in [1.54, 1.807) is 0 Å². The molecule has 0 heterocycles. The first-order chi connectivity index (χ1) is 20.2. The highest BCUT2D eigenvalue weighted by atomic mass is 16.6. The smallest absolute Gasteiger partial charge is 0.305 e. The number of carboxylic acid groups (broad SMARTS) is 1. The quantitative estimate of drug-likeness (QED) is 0.0849. The molecule has 12 nitrogen and oxygen atoms in total. The van der Waals surface area contributed by atoms with Gasteiger partial charge in [-0.2, -0.15) is 0 Å². The van der Waals surface area contributed by atoms with Crippen molar-refractivity contribution in [2.45, 2.75) is 64.7 Å². The highest BCUT2D eigenvalue weighted by Crippen LogP contribution is 2.08. The van der Waals surface area contributed by atoms with Crippen molar-refractivity contribution in [3.63, 3.8) is 0 Å². The molecule has 41 heavy (non-hydrogen) atoms. The standard InChI is InChI=1S/C29H56O12/c1-2-3-4-5-6-7-8-9-29(32)41-27-26-40-25-24-39-23-22-38-21-20-37-19-18-36-17-16-35-15-14-34-13-12-33-11-10-28(30)31/h2-27H2,1H3,(H,30,31). The third-order valence-corrected chi connectivity index (χ3v) is 5.54. The van der Waals surface area contributed by atoms with Crippen molar-refractivity contribution in [1.82, 2.24) is 0 Å². The van der Waals surface area contributed by atoms with Crippen LogP contribution < -0.4 is 0 Å². The van der Waals surface area contributed by atoms with E-state index in [9.17, 15) is 9.59 Å². The molecule has 0 bridgehead atoms. The summed E-state index contributed by atoms with van der Waals surface area (Å²) in [5, 5.41) is 8.47. The fourth-order valence-corrected chi connectivity index (χ4v) is 3.31. The Labute approximate surface area is 246 Å². The fraction of sp³-hybridized carbons (Fsp3) is 0.931. The molecule has 0 atom stereocenters. The van der Waals surface area contributed by atoms with Crippen LogP contribution >= 0.6 is 0 Å². The Morgan fingerprint density at radius 3 is 1.10 bits per heavy atom. The second-order valence-corrected chi connectivity index (χ2v) is 9.13. The van der Waals surface area contributed by atoms with E-state index < -0.39 is 5.97 Å². The minimum atomic E-state index is -0.874. The maximum Gasteiger partial charge on any atom is 0.305 e. The van der Waals surface area contributed by atoms with Crippen molar-refractivity contribution in [3.05, 3.63) is 0 Å². The molecule has 0 aromatic heterocycles. The summed E-state index contributed by atoms with van der Waals surface area (Å²) in [6, 6.07) is 0. The van der Waals surface area contributed by atoms with Crippen LogP contribution in [0.3, 0.4) is 0 Å². The normalized spacial score (nSPS) is 11.2. The SMILES string of the molecule is CCCCCCCCCC(=O)OCCOCCOCCOCCOCCOCCOCCOCCOCCC(=O)O. The highest BCUT2D eigenvalue weighted by molar-refractivity contribution is 5.69. The molecule has 0 radical (unpaired) electrons. The lowest BCUT2D eigenvalue weighted by molar-refractivity contribution is -0.145. The zero-order chi connectivity index (χ0) is 29.9. The molecule has 0 unspecified atom stereocenters. The molecular weight excluding hydrogens is 540 g/mol. The molecule has 0 spiro atoms. The summed E-state index contributed by atoms with van der Waals surface area (Å²) in [5.41, 5.74) is 0. The molecule has 1 N–H and O–H groups in total. The van der Waals surface area contributed by atoms with Gasteiger partial charge in [0.05, 0.1) is 112 Å². The molecule has 0 aromatic carbocycles. The molecule has 0 aromatic rings. The van der Waals surface area contributed by atoms with Gasteiger partial charge in [-0.1, -0.05) is 45.4 Å². The molecule has 0 fully saturated rings. The zero-order valence-corrected chi connectivity index (χ0v) is 25.3. The van der Waals surface area contributed by atoms with Gasteiger partial charge in [0.15, 0.2) is 0 Å². The predicted molar refractivity (Wildman–Crippen MR) is 152 cm³/mol. The lowest BCUT2D eigenvalue weighted by Crippen LogP contribution is -2.15. The summed E-state index contributed by atoms with van der Waals surface area (Å²) in [7, 11) is 0. The van der Waals surface area contributed by atoms with Gasteiger partial charge in [-0.25, -0.2) is 0 Å². The van der Waals surface area contributed by atoms with Crippen LogP contribution in [0.1, 0.15) is 64.7 Å². The van der Waals surface area contributed by atoms with Crippen molar-refractivity contribution in [2.24, 2.45) is 0 Å². The lowest BCUT2D eigenvalue weighted by atomic mass is 10.1. The van der Waals surface area contributed by atoms with Gasteiger partial charge in [0, 0.05) is 6.42 Å². The van der Waals surface area contributed by atoms with E-state index in [1.165, 1.54) is 32.1 Å². The maximum absolute atomic E-state index is 11.7. The molecule has 0 rings (SSSR count). The number of ether oxygens (including phenoxy) is 9. The first kappa shape index (κ1) is 39.6. The number of aliphatic carboxylic acids is 1. The number of esters is 1. The van der Waals surface area contributed by atoms with Gasteiger partial charge >= 0.3 is 11.9 Å². The Balaban J connectivity index is 3.11. The van der Waals surface area contributed by atoms with Gasteiger partial charge in [-0.15, -0.1) is 0 Å². The molecule has 0 aliphatic heterocycles. The number of hydrogen-bond acceptors (Lipinski definition) is 11. The van der Waals surface area contributed by atoms with Crippen molar-refractivity contribution in [3.8, 4) is 0 Å². The Hall–Kier alpha value is -1.38. The Bertz CT molecular complexity index is 550. The van der Waals surface area contributed by atoms with Crippen LogP contribution in [0.4, 0.5) is 0 Å². The highest BCUT2D eigenvalue weighted by Gasteiger charge is 2.03. The average molecular weight is 597 g/mol. The van der Waals surface area contributed by atoms with E-state index in [1.807, 2.05) is 0 Å². The van der Waals surface area contributed by atoms with Gasteiger partial charge < -0.3 is 47.7 Å². The Morgan fingerprint density at radius 1 is 0.415 bits per heavy atom. The molecule has 0 aliphatic carbocycles. The van der Waals surface area contributed by atoms with E-state index in [0.717, 1.165) is 12.8 Å². The summed E-state index contributed by atoms with van der Waals surface area (Å²) in [4.78, 5) is 22.0. The van der Waals surface area contributed by atoms with Gasteiger partial charge in [0.25, 0.3) is 0 Å². The summed E-state index contributed by atoms with van der Waals surface area (Å²) < 4.78 is 48.1. The largest absolute Gasteiger partial charge is 0.481 e. The fourth-order valence-electron chi connectivity index (χ4n) is 3.31. The summed E-state index contributed by atoms with van der Waals surface area (Å²) in [6.07, 6.45) is 8.77. The summed E-state index contributed by atoms with van der Waals surface area (Å²) >= 11 is 0. The summed E-state index contributed by atoms with van der Waals surface area (Å²) in [6.45, 7) is 9.49. The van der Waals surface area contributed by atoms with Crippen LogP contribution in [-0.4, -0.2) is 129 Å². The number of rotatable bonds is 35. The third kappa shape index (κ3) is 36.6. The van der Waals surface area contributed by atoms with Gasteiger partial charge in [-0.3, -0.25) is 9.59 Å². The van der Waals surface area contributed by atoms with Gasteiger partial charge in [0.2, 0.25) is 0 Å². The Morgan fingerprint density at radius 2 is 0.732 bits per heavy atom. The van der Waals surface area contributed by atoms with E-state index in [-0.39, 0.29) is 25.6 Å². The van der Waals surface area contributed by atoms with Crippen LogP contribution in [0, 0.1) is 0 Å². The molecule has 244 valence electrons. The Kier molecular flexibility index (Phi) is 33.6. The molecule has 12 heteroatoms. The first-order valence-electron chi connectivity index (χ1n) is 15.2. The van der Waals surface area contributed by atoms with Crippen molar-refractivity contribution < 1.29 is 57.3 Å². The number of carboxylic acids is 1. The summed E-state index contributed by atoms with van der Waals surface area (Å²) in [5.74, 6) is -1.02.